The Hall–Kier alpha value is -2.53. The summed E-state index contributed by atoms with van der Waals surface area (Å²) >= 11 is 0. The Morgan fingerprint density at radius 1 is 1.17 bits per heavy atom. The number of carboxylic acid groups (broad SMARTS) is 1. The normalized spacial score (nSPS) is 17.9. The van der Waals surface area contributed by atoms with Gasteiger partial charge in [0.1, 0.15) is 5.60 Å². The van der Waals surface area contributed by atoms with Crippen molar-refractivity contribution in [2.45, 2.75) is 51.7 Å². The van der Waals surface area contributed by atoms with E-state index >= 15 is 0 Å². The predicted octanol–water partition coefficient (Wildman–Crippen LogP) is 4.46. The van der Waals surface area contributed by atoms with Crippen molar-refractivity contribution >= 4 is 24.1 Å². The van der Waals surface area contributed by atoms with E-state index < -0.39 is 12.6 Å². The molecule has 0 aliphatic carbocycles. The smallest absolute Gasteiger partial charge is 0.341 e. The van der Waals surface area contributed by atoms with Gasteiger partial charge in [0.15, 0.2) is 18.1 Å². The topological polar surface area (TPSA) is 68.1 Å². The molecule has 0 radical (unpaired) electrons. The third-order valence-electron chi connectivity index (χ3n) is 5.08. The second kappa shape index (κ2) is 7.38. The second-order valence-corrected chi connectivity index (χ2v) is 8.75. The first kappa shape index (κ1) is 21.2. The van der Waals surface area contributed by atoms with E-state index in [1.54, 1.807) is 0 Å². The van der Waals surface area contributed by atoms with E-state index in [4.69, 9.17) is 19.6 Å². The molecular formula is C23H26ClNO4. The van der Waals surface area contributed by atoms with Crippen LogP contribution >= 0.6 is 12.4 Å². The van der Waals surface area contributed by atoms with Crippen LogP contribution in [0, 0.1) is 0 Å². The Balaban J connectivity index is 0.00000240. The summed E-state index contributed by atoms with van der Waals surface area (Å²) in [7, 11) is 0. The second-order valence-electron chi connectivity index (χ2n) is 8.75. The summed E-state index contributed by atoms with van der Waals surface area (Å²) in [6.07, 6.45) is 1.48. The van der Waals surface area contributed by atoms with E-state index in [2.05, 4.69) is 26.0 Å². The standard InChI is InChI=1S/C23H25NO4.ClH/c1-22(2)11-15-10-17(27-13-18(25)26)21-16(12-23(3,4)28-21)19(15)20(24-22)14-8-6-5-7-9-14;/h5-10H,11-13H2,1-4H3,(H,25,26);1H. The number of hydrogen-bond donors (Lipinski definition) is 1. The number of halogens is 1. The summed E-state index contributed by atoms with van der Waals surface area (Å²) in [5.41, 5.74) is 4.69. The van der Waals surface area contributed by atoms with Crippen molar-refractivity contribution in [1.29, 1.82) is 0 Å². The minimum absolute atomic E-state index is 0. The van der Waals surface area contributed by atoms with Crippen molar-refractivity contribution in [2.24, 2.45) is 4.99 Å². The van der Waals surface area contributed by atoms with Crippen LogP contribution in [0.4, 0.5) is 0 Å². The number of aliphatic imine (C=N–C) groups is 1. The fourth-order valence-electron chi connectivity index (χ4n) is 4.12. The molecule has 0 spiro atoms. The lowest BCUT2D eigenvalue weighted by Crippen LogP contribution is -2.30. The van der Waals surface area contributed by atoms with E-state index in [0.717, 1.165) is 40.8 Å². The van der Waals surface area contributed by atoms with Crippen LogP contribution < -0.4 is 9.47 Å². The molecule has 2 aliphatic heterocycles. The molecule has 0 bridgehead atoms. The predicted molar refractivity (Wildman–Crippen MR) is 115 cm³/mol. The van der Waals surface area contributed by atoms with Gasteiger partial charge in [0.2, 0.25) is 0 Å². The summed E-state index contributed by atoms with van der Waals surface area (Å²) in [6.45, 7) is 7.91. The van der Waals surface area contributed by atoms with Crippen LogP contribution in [0.5, 0.6) is 11.5 Å². The average Bonchev–Trinajstić information content (AvgIpc) is 2.93. The van der Waals surface area contributed by atoms with Crippen molar-refractivity contribution in [2.75, 3.05) is 6.61 Å². The lowest BCUT2D eigenvalue weighted by atomic mass is 9.81. The van der Waals surface area contributed by atoms with Gasteiger partial charge in [-0.1, -0.05) is 30.3 Å². The van der Waals surface area contributed by atoms with E-state index in [1.807, 2.05) is 38.1 Å². The number of carbonyl (C=O) groups is 1. The lowest BCUT2D eigenvalue weighted by Gasteiger charge is -2.31. The molecule has 2 aromatic carbocycles. The Morgan fingerprint density at radius 3 is 2.52 bits per heavy atom. The SMILES string of the molecule is CC1(C)Cc2cc(OCC(=O)O)c3c(c2C(c2ccccc2)=N1)CC(C)(C)O3.Cl. The van der Waals surface area contributed by atoms with Gasteiger partial charge in [-0.2, -0.15) is 0 Å². The van der Waals surface area contributed by atoms with E-state index in [-0.39, 0.29) is 23.5 Å². The summed E-state index contributed by atoms with van der Waals surface area (Å²) in [6, 6.07) is 12.1. The first-order chi connectivity index (χ1) is 13.2. The van der Waals surface area contributed by atoms with E-state index in [1.165, 1.54) is 0 Å². The lowest BCUT2D eigenvalue weighted by molar-refractivity contribution is -0.139. The number of carboxylic acids is 1. The van der Waals surface area contributed by atoms with Gasteiger partial charge in [-0.25, -0.2) is 4.79 Å². The molecule has 2 aromatic rings. The quantitative estimate of drug-likeness (QED) is 0.800. The highest BCUT2D eigenvalue weighted by Crippen LogP contribution is 2.47. The molecule has 0 aromatic heterocycles. The maximum atomic E-state index is 11.0. The van der Waals surface area contributed by atoms with E-state index in [9.17, 15) is 4.79 Å². The molecule has 0 unspecified atom stereocenters. The van der Waals surface area contributed by atoms with Gasteiger partial charge in [-0.3, -0.25) is 4.99 Å². The fourth-order valence-corrected chi connectivity index (χ4v) is 4.12. The minimum atomic E-state index is -1.00. The average molecular weight is 416 g/mol. The molecule has 4 rings (SSSR count). The van der Waals surface area contributed by atoms with Gasteiger partial charge in [0.25, 0.3) is 0 Å². The minimum Gasteiger partial charge on any atom is -0.483 e. The molecule has 0 saturated carbocycles. The Morgan fingerprint density at radius 2 is 1.86 bits per heavy atom. The molecular weight excluding hydrogens is 390 g/mol. The maximum absolute atomic E-state index is 11.0. The first-order valence-corrected chi connectivity index (χ1v) is 9.53. The molecule has 0 saturated heterocycles. The van der Waals surface area contributed by atoms with Crippen molar-refractivity contribution in [1.82, 2.24) is 0 Å². The maximum Gasteiger partial charge on any atom is 0.341 e. The van der Waals surface area contributed by atoms with Gasteiger partial charge >= 0.3 is 5.97 Å². The van der Waals surface area contributed by atoms with Gasteiger partial charge in [-0.15, -0.1) is 12.4 Å². The van der Waals surface area contributed by atoms with Crippen LogP contribution in [0.2, 0.25) is 0 Å². The van der Waals surface area contributed by atoms with Gasteiger partial charge in [-0.05, 0) is 45.7 Å². The van der Waals surface area contributed by atoms with E-state index in [0.29, 0.717) is 11.5 Å². The third-order valence-corrected chi connectivity index (χ3v) is 5.08. The van der Waals surface area contributed by atoms with Gasteiger partial charge < -0.3 is 14.6 Å². The number of benzene rings is 2. The van der Waals surface area contributed by atoms with Crippen LogP contribution in [0.25, 0.3) is 0 Å². The molecule has 1 N–H and O–H groups in total. The molecule has 29 heavy (non-hydrogen) atoms. The van der Waals surface area contributed by atoms with Crippen molar-refractivity contribution in [3.05, 3.63) is 58.7 Å². The number of aliphatic carboxylic acids is 1. The van der Waals surface area contributed by atoms with Gasteiger partial charge in [0.05, 0.1) is 11.3 Å². The molecule has 2 aliphatic rings. The zero-order chi connectivity index (χ0) is 20.1. The molecule has 0 amide bonds. The summed E-state index contributed by atoms with van der Waals surface area (Å²) in [5, 5.41) is 9.05. The number of ether oxygens (including phenoxy) is 2. The largest absolute Gasteiger partial charge is 0.483 e. The Labute approximate surface area is 177 Å². The summed E-state index contributed by atoms with van der Waals surface area (Å²) in [5.74, 6) is 0.149. The molecule has 0 atom stereocenters. The highest BCUT2D eigenvalue weighted by Gasteiger charge is 2.39. The van der Waals surface area contributed by atoms with Crippen LogP contribution in [0.3, 0.4) is 0 Å². The van der Waals surface area contributed by atoms with Crippen molar-refractivity contribution < 1.29 is 19.4 Å². The number of fused-ring (bicyclic) bond motifs is 3. The van der Waals surface area contributed by atoms with Crippen LogP contribution in [-0.2, 0) is 17.6 Å². The molecule has 0 fully saturated rings. The molecule has 5 nitrogen and oxygen atoms in total. The monoisotopic (exact) mass is 415 g/mol. The highest BCUT2D eigenvalue weighted by molar-refractivity contribution is 6.16. The molecule has 6 heteroatoms. The zero-order valence-corrected chi connectivity index (χ0v) is 17.9. The van der Waals surface area contributed by atoms with Crippen molar-refractivity contribution in [3.8, 4) is 11.5 Å². The third kappa shape index (κ3) is 4.10. The van der Waals surface area contributed by atoms with Crippen LogP contribution in [0.1, 0.15) is 49.9 Å². The number of hydrogen-bond acceptors (Lipinski definition) is 4. The number of rotatable bonds is 4. The molecule has 154 valence electrons. The van der Waals surface area contributed by atoms with Gasteiger partial charge in [0, 0.05) is 23.1 Å². The Kier molecular flexibility index (Phi) is 5.39. The first-order valence-electron chi connectivity index (χ1n) is 9.53. The van der Waals surface area contributed by atoms with Crippen LogP contribution in [-0.4, -0.2) is 34.5 Å². The zero-order valence-electron chi connectivity index (χ0n) is 17.1. The molecule has 2 heterocycles. The summed E-state index contributed by atoms with van der Waals surface area (Å²) in [4.78, 5) is 16.1. The van der Waals surface area contributed by atoms with Crippen LogP contribution in [0.15, 0.2) is 41.4 Å². The Bertz CT molecular complexity index is 980. The van der Waals surface area contributed by atoms with Crippen molar-refractivity contribution in [3.63, 3.8) is 0 Å². The fraction of sp³-hybridized carbons (Fsp3) is 0.391. The highest BCUT2D eigenvalue weighted by atomic mass is 35.5. The number of nitrogens with zero attached hydrogens (tertiary/aromatic N) is 1. The summed E-state index contributed by atoms with van der Waals surface area (Å²) < 4.78 is 11.8.